The summed E-state index contributed by atoms with van der Waals surface area (Å²) in [4.78, 5) is 0.276. The number of hydrogen-bond acceptors (Lipinski definition) is 9. The number of benzene rings is 8. The van der Waals surface area contributed by atoms with E-state index in [1.54, 1.807) is 60.7 Å². The van der Waals surface area contributed by atoms with Crippen LogP contribution in [0.2, 0.25) is 0 Å². The summed E-state index contributed by atoms with van der Waals surface area (Å²) < 4.78 is 84.3. The molecule has 0 aliphatic rings. The van der Waals surface area contributed by atoms with Gasteiger partial charge in [-0.1, -0.05) is 109 Å². The number of hydrogen-bond donors (Lipinski definition) is 0. The molecule has 0 saturated carbocycles. The summed E-state index contributed by atoms with van der Waals surface area (Å²) in [6.45, 7) is 1.09. The Hall–Kier alpha value is -6.66. The van der Waals surface area contributed by atoms with Crippen molar-refractivity contribution in [1.82, 2.24) is 0 Å². The van der Waals surface area contributed by atoms with Crippen LogP contribution in [-0.4, -0.2) is 43.3 Å². The predicted molar refractivity (Wildman–Crippen MR) is 235 cm³/mol. The highest BCUT2D eigenvalue weighted by Crippen LogP contribution is 2.32. The third kappa shape index (κ3) is 9.55. The maximum absolute atomic E-state index is 13.7. The van der Waals surface area contributed by atoms with Gasteiger partial charge < -0.3 is 23.7 Å². The van der Waals surface area contributed by atoms with Gasteiger partial charge in [0.25, 0.3) is 0 Å². The Labute approximate surface area is 355 Å². The van der Waals surface area contributed by atoms with Crippen LogP contribution < -0.4 is 18.9 Å². The van der Waals surface area contributed by atoms with Crippen LogP contribution in [0.3, 0.4) is 0 Å². The lowest BCUT2D eigenvalue weighted by Gasteiger charge is -2.14. The number of fused-ring (bicyclic) bond motifs is 2. The molecule has 0 N–H and O–H groups in total. The maximum atomic E-state index is 13.7. The lowest BCUT2D eigenvalue weighted by molar-refractivity contribution is 0.0750. The largest absolute Gasteiger partial charge is 0.490 e. The van der Waals surface area contributed by atoms with Crippen molar-refractivity contribution in [3.63, 3.8) is 0 Å². The molecule has 8 aromatic carbocycles. The molecular weight excluding hydrogens is 809 g/mol. The highest BCUT2D eigenvalue weighted by molar-refractivity contribution is 7.92. The van der Waals surface area contributed by atoms with Gasteiger partial charge in [-0.05, 0) is 105 Å². The Bertz CT molecular complexity index is 2770. The molecule has 61 heavy (non-hydrogen) atoms. The van der Waals surface area contributed by atoms with Crippen molar-refractivity contribution in [2.75, 3.05) is 26.4 Å². The number of ether oxygens (including phenoxy) is 5. The van der Waals surface area contributed by atoms with Gasteiger partial charge in [0.15, 0.2) is 0 Å². The highest BCUT2D eigenvalue weighted by atomic mass is 32.2. The Morgan fingerprint density at radius 3 is 1.16 bits per heavy atom. The smallest absolute Gasteiger partial charge is 0.210 e. The van der Waals surface area contributed by atoms with Gasteiger partial charge in [-0.2, -0.15) is 0 Å². The zero-order valence-corrected chi connectivity index (χ0v) is 34.7. The summed E-state index contributed by atoms with van der Waals surface area (Å²) >= 11 is 0. The predicted octanol–water partition coefficient (Wildman–Crippen LogP) is 10.3. The number of rotatable bonds is 18. The van der Waals surface area contributed by atoms with E-state index in [0.29, 0.717) is 24.7 Å². The van der Waals surface area contributed by atoms with E-state index in [-0.39, 0.29) is 57.5 Å². The Kier molecular flexibility index (Phi) is 12.6. The van der Waals surface area contributed by atoms with E-state index >= 15 is 0 Å². The van der Waals surface area contributed by atoms with Crippen molar-refractivity contribution in [2.45, 2.75) is 32.8 Å². The minimum Gasteiger partial charge on any atom is -0.490 e. The first-order valence-electron chi connectivity index (χ1n) is 19.7. The van der Waals surface area contributed by atoms with Crippen LogP contribution in [0.25, 0.3) is 21.5 Å². The lowest BCUT2D eigenvalue weighted by Crippen LogP contribution is -2.14. The summed E-state index contributed by atoms with van der Waals surface area (Å²) in [7, 11) is -7.84. The molecule has 0 heterocycles. The molecule has 0 bridgehead atoms. The van der Waals surface area contributed by atoms with Crippen molar-refractivity contribution in [3.8, 4) is 23.0 Å². The van der Waals surface area contributed by atoms with Gasteiger partial charge >= 0.3 is 0 Å². The summed E-state index contributed by atoms with van der Waals surface area (Å²) in [6.07, 6.45) is 0. The summed E-state index contributed by atoms with van der Waals surface area (Å²) in [5.74, 6) is 1.49. The zero-order valence-electron chi connectivity index (χ0n) is 33.1. The minimum absolute atomic E-state index is 0.0312. The van der Waals surface area contributed by atoms with Gasteiger partial charge in [0.1, 0.15) is 59.2 Å². The molecule has 0 unspecified atom stereocenters. The molecule has 0 aliphatic heterocycles. The Balaban J connectivity index is 0.811. The normalized spacial score (nSPS) is 11.7. The minimum atomic E-state index is -3.92. The van der Waals surface area contributed by atoms with E-state index in [4.69, 9.17) is 23.7 Å². The van der Waals surface area contributed by atoms with Crippen molar-refractivity contribution < 1.29 is 40.5 Å². The third-order valence-corrected chi connectivity index (χ3v) is 13.7. The summed E-state index contributed by atoms with van der Waals surface area (Å²) in [6, 6.07) is 53.9. The zero-order chi connectivity index (χ0) is 42.1. The topological polar surface area (TPSA) is 114 Å². The third-order valence-electron chi connectivity index (χ3n) is 10.1. The first-order chi connectivity index (χ1) is 29.8. The molecule has 0 amide bonds. The average Bonchev–Trinajstić information content (AvgIpc) is 3.30. The van der Waals surface area contributed by atoms with Crippen LogP contribution in [-0.2, 0) is 37.6 Å². The summed E-state index contributed by atoms with van der Waals surface area (Å²) in [5, 5.41) is 4.45. The molecule has 11 heteroatoms. The molecule has 0 aromatic heterocycles. The summed E-state index contributed by atoms with van der Waals surface area (Å²) in [5.41, 5.74) is 2.07. The molecule has 9 nitrogen and oxygen atoms in total. The monoisotopic (exact) mass is 850 g/mol. The first kappa shape index (κ1) is 41.1. The molecule has 0 fully saturated rings. The molecule has 0 spiro atoms. The Morgan fingerprint density at radius 1 is 0.344 bits per heavy atom. The fraction of sp³-hybridized carbons (Fsp3) is 0.120. The molecule has 8 rings (SSSR count). The van der Waals surface area contributed by atoms with Crippen LogP contribution in [0.4, 0.5) is 0 Å². The fourth-order valence-corrected chi connectivity index (χ4v) is 9.74. The second-order valence-electron chi connectivity index (χ2n) is 14.0. The van der Waals surface area contributed by atoms with Crippen molar-refractivity contribution in [1.29, 1.82) is 0 Å². The van der Waals surface area contributed by atoms with Crippen molar-refractivity contribution in [3.05, 3.63) is 193 Å². The van der Waals surface area contributed by atoms with E-state index in [2.05, 4.69) is 36.4 Å². The number of sulfone groups is 2. The van der Waals surface area contributed by atoms with Crippen molar-refractivity contribution in [2.24, 2.45) is 0 Å². The van der Waals surface area contributed by atoms with Gasteiger partial charge in [-0.3, -0.25) is 0 Å². The Morgan fingerprint density at radius 2 is 0.721 bits per heavy atom. The standard InChI is InChI=1S/C50H42O9S2/c51-60(52,43-27-23-41(24-28-43)58-35-39-15-9-13-37-11-1-3-17-45(37)39)49-21-7-5-19-47(49)56-33-31-55-32-34-57-48-20-6-8-22-50(48)61(53,54)44-29-25-42(26-30-44)59-36-40-16-10-14-38-12-2-4-18-46(38)40/h1-30H,31-36H2. The quantitative estimate of drug-likeness (QED) is 0.0779. The molecule has 0 radical (unpaired) electrons. The molecule has 308 valence electrons. The van der Waals surface area contributed by atoms with Gasteiger partial charge in [0.2, 0.25) is 19.7 Å². The van der Waals surface area contributed by atoms with Gasteiger partial charge in [-0.15, -0.1) is 0 Å². The van der Waals surface area contributed by atoms with E-state index < -0.39 is 19.7 Å². The van der Waals surface area contributed by atoms with Crippen LogP contribution in [0.5, 0.6) is 23.0 Å². The van der Waals surface area contributed by atoms with Crippen LogP contribution in [0.1, 0.15) is 11.1 Å². The van der Waals surface area contributed by atoms with Gasteiger partial charge in [0.05, 0.1) is 23.0 Å². The second kappa shape index (κ2) is 18.7. The molecule has 0 atom stereocenters. The van der Waals surface area contributed by atoms with Crippen LogP contribution in [0, 0.1) is 0 Å². The molecule has 0 aliphatic carbocycles. The maximum Gasteiger partial charge on any atom is 0.210 e. The van der Waals surface area contributed by atoms with E-state index in [1.807, 2.05) is 48.5 Å². The van der Waals surface area contributed by atoms with E-state index in [1.165, 1.54) is 36.4 Å². The van der Waals surface area contributed by atoms with E-state index in [9.17, 15) is 16.8 Å². The highest BCUT2D eigenvalue weighted by Gasteiger charge is 2.24. The van der Waals surface area contributed by atoms with Crippen LogP contribution >= 0.6 is 0 Å². The molecular formula is C50H42O9S2. The average molecular weight is 851 g/mol. The first-order valence-corrected chi connectivity index (χ1v) is 22.6. The number of para-hydroxylation sites is 2. The lowest BCUT2D eigenvalue weighted by atomic mass is 10.1. The SMILES string of the molecule is O=S(=O)(c1ccc(OCc2cccc3ccccc23)cc1)c1ccccc1OCCOCCOc1ccccc1S(=O)(=O)c1ccc(OCc2cccc3ccccc23)cc1. The fourth-order valence-electron chi connectivity index (χ4n) is 6.95. The second-order valence-corrected chi connectivity index (χ2v) is 17.8. The van der Waals surface area contributed by atoms with E-state index in [0.717, 1.165) is 32.7 Å². The van der Waals surface area contributed by atoms with Gasteiger partial charge in [-0.25, -0.2) is 16.8 Å². The van der Waals surface area contributed by atoms with Gasteiger partial charge in [0, 0.05) is 0 Å². The molecule has 0 saturated heterocycles. The van der Waals surface area contributed by atoms with Crippen molar-refractivity contribution >= 4 is 41.2 Å². The molecule has 8 aromatic rings. The van der Waals surface area contributed by atoms with Crippen LogP contribution in [0.15, 0.2) is 202 Å².